The van der Waals surface area contributed by atoms with Gasteiger partial charge in [0.25, 0.3) is 0 Å². The molecule has 0 aromatic heterocycles. The summed E-state index contributed by atoms with van der Waals surface area (Å²) in [5, 5.41) is 3.95. The van der Waals surface area contributed by atoms with Crippen LogP contribution < -0.4 is 5.14 Å². The van der Waals surface area contributed by atoms with Gasteiger partial charge in [0.05, 0.1) is 16.8 Å². The Balaban J connectivity index is 2.86. The minimum Gasteiger partial charge on any atom is -0.229 e. The number of nitrogens with two attached hydrogens (primary N) is 1. The van der Waals surface area contributed by atoms with Crippen molar-refractivity contribution in [2.45, 2.75) is 18.1 Å². The molecule has 12 heavy (non-hydrogen) atoms. The van der Waals surface area contributed by atoms with Crippen LogP contribution in [0.3, 0.4) is 0 Å². The van der Waals surface area contributed by atoms with Crippen molar-refractivity contribution >= 4 is 19.9 Å². The van der Waals surface area contributed by atoms with Crippen molar-refractivity contribution in [1.82, 2.24) is 0 Å². The molecule has 1 heterocycles. The first kappa shape index (κ1) is 9.94. The molecule has 1 fully saturated rings. The minimum absolute atomic E-state index is 0.0824. The van der Waals surface area contributed by atoms with E-state index in [2.05, 4.69) is 0 Å². The van der Waals surface area contributed by atoms with Crippen molar-refractivity contribution in [3.63, 3.8) is 0 Å². The van der Waals surface area contributed by atoms with Gasteiger partial charge in [-0.05, 0) is 12.8 Å². The first-order valence-electron chi connectivity index (χ1n) is 3.53. The van der Waals surface area contributed by atoms with E-state index in [0.29, 0.717) is 12.8 Å². The van der Waals surface area contributed by atoms with Crippen LogP contribution in [0.25, 0.3) is 0 Å². The molecule has 5 nitrogen and oxygen atoms in total. The molecule has 72 valence electrons. The van der Waals surface area contributed by atoms with E-state index in [9.17, 15) is 16.8 Å². The number of hydrogen-bond donors (Lipinski definition) is 1. The van der Waals surface area contributed by atoms with Gasteiger partial charge in [0.1, 0.15) is 0 Å². The lowest BCUT2D eigenvalue weighted by atomic mass is 10.3. The average molecular weight is 213 g/mol. The molecule has 0 amide bonds. The topological polar surface area (TPSA) is 94.3 Å². The lowest BCUT2D eigenvalue weighted by Crippen LogP contribution is -2.38. The third-order valence-corrected chi connectivity index (χ3v) is 5.25. The number of sulfonamides is 1. The zero-order chi connectivity index (χ0) is 9.41. The van der Waals surface area contributed by atoms with E-state index in [1.54, 1.807) is 0 Å². The third-order valence-electron chi connectivity index (χ3n) is 1.89. The lowest BCUT2D eigenvalue weighted by molar-refractivity contribution is 0.552. The fourth-order valence-electron chi connectivity index (χ4n) is 1.24. The second-order valence-electron chi connectivity index (χ2n) is 2.97. The molecule has 0 aliphatic carbocycles. The third kappa shape index (κ3) is 2.43. The summed E-state index contributed by atoms with van der Waals surface area (Å²) in [6.45, 7) is 0. The van der Waals surface area contributed by atoms with Gasteiger partial charge in [-0.1, -0.05) is 0 Å². The van der Waals surface area contributed by atoms with Gasteiger partial charge in [-0.2, -0.15) is 0 Å². The summed E-state index contributed by atoms with van der Waals surface area (Å²) in [6.07, 6.45) is 0.751. The summed E-state index contributed by atoms with van der Waals surface area (Å²) >= 11 is 0. The van der Waals surface area contributed by atoms with Gasteiger partial charge >= 0.3 is 0 Å². The summed E-state index contributed by atoms with van der Waals surface area (Å²) in [4.78, 5) is 0. The van der Waals surface area contributed by atoms with Gasteiger partial charge < -0.3 is 0 Å². The van der Waals surface area contributed by atoms with Crippen LogP contribution in [0.1, 0.15) is 12.8 Å². The normalized spacial score (nSPS) is 29.9. The van der Waals surface area contributed by atoms with Crippen molar-refractivity contribution in [3.8, 4) is 0 Å². The molecular formula is C5H11NO4S2. The Morgan fingerprint density at radius 1 is 1.33 bits per heavy atom. The van der Waals surface area contributed by atoms with Crippen molar-refractivity contribution < 1.29 is 16.8 Å². The molecule has 1 aliphatic rings. The van der Waals surface area contributed by atoms with Gasteiger partial charge in [-0.25, -0.2) is 22.0 Å². The molecule has 1 aliphatic heterocycles. The standard InChI is InChI=1S/C5H11NO4S2/c6-12(9,10)5-2-1-3-11(7,8)4-5/h5H,1-4H2,(H2,6,9,10). The summed E-state index contributed by atoms with van der Waals surface area (Å²) in [5.74, 6) is -0.231. The smallest absolute Gasteiger partial charge is 0.212 e. The highest BCUT2D eigenvalue weighted by molar-refractivity contribution is 7.94. The fraction of sp³-hybridized carbons (Fsp3) is 1.00. The van der Waals surface area contributed by atoms with E-state index in [4.69, 9.17) is 5.14 Å². The zero-order valence-corrected chi connectivity index (χ0v) is 8.07. The molecule has 1 saturated heterocycles. The molecule has 0 saturated carbocycles. The molecular weight excluding hydrogens is 202 g/mol. The Kier molecular flexibility index (Phi) is 2.46. The molecule has 0 aromatic carbocycles. The molecule has 1 rings (SSSR count). The predicted octanol–water partition coefficient (Wildman–Crippen LogP) is -1.15. The van der Waals surface area contributed by atoms with Crippen LogP contribution in [0.5, 0.6) is 0 Å². The maximum atomic E-state index is 11.0. The summed E-state index contributed by atoms with van der Waals surface area (Å²) in [6, 6.07) is 0. The summed E-state index contributed by atoms with van der Waals surface area (Å²) < 4.78 is 43.6. The van der Waals surface area contributed by atoms with E-state index in [0.717, 1.165) is 0 Å². The van der Waals surface area contributed by atoms with E-state index in [1.165, 1.54) is 0 Å². The summed E-state index contributed by atoms with van der Waals surface area (Å²) in [7, 11) is -6.85. The highest BCUT2D eigenvalue weighted by Gasteiger charge is 2.31. The molecule has 1 atom stereocenters. The van der Waals surface area contributed by atoms with Crippen LogP contribution >= 0.6 is 0 Å². The molecule has 1 unspecified atom stereocenters. The zero-order valence-electron chi connectivity index (χ0n) is 6.43. The first-order chi connectivity index (χ1) is 5.31. The van der Waals surface area contributed by atoms with Gasteiger partial charge in [-0.3, -0.25) is 0 Å². The number of sulfone groups is 1. The number of hydrogen-bond acceptors (Lipinski definition) is 4. The Labute approximate surface area is 71.9 Å². The Morgan fingerprint density at radius 3 is 2.25 bits per heavy atom. The molecule has 0 aromatic rings. The number of primary sulfonamides is 1. The van der Waals surface area contributed by atoms with E-state index in [-0.39, 0.29) is 11.5 Å². The van der Waals surface area contributed by atoms with Crippen LogP contribution in [0, 0.1) is 0 Å². The van der Waals surface area contributed by atoms with Crippen molar-refractivity contribution in [2.75, 3.05) is 11.5 Å². The first-order valence-corrected chi connectivity index (χ1v) is 6.96. The maximum absolute atomic E-state index is 11.0. The molecule has 2 N–H and O–H groups in total. The maximum Gasteiger partial charge on any atom is 0.212 e. The minimum atomic E-state index is -3.68. The number of rotatable bonds is 1. The van der Waals surface area contributed by atoms with Gasteiger partial charge in [0.2, 0.25) is 10.0 Å². The van der Waals surface area contributed by atoms with Gasteiger partial charge in [-0.15, -0.1) is 0 Å². The van der Waals surface area contributed by atoms with Crippen molar-refractivity contribution in [3.05, 3.63) is 0 Å². The van der Waals surface area contributed by atoms with Crippen LogP contribution in [0.15, 0.2) is 0 Å². The Hall–Kier alpha value is -0.140. The van der Waals surface area contributed by atoms with Gasteiger partial charge in [0.15, 0.2) is 9.84 Å². The van der Waals surface area contributed by atoms with Crippen molar-refractivity contribution in [1.29, 1.82) is 0 Å². The fourth-order valence-corrected chi connectivity index (χ4v) is 4.62. The predicted molar refractivity (Wildman–Crippen MR) is 44.8 cm³/mol. The second-order valence-corrected chi connectivity index (χ2v) is 7.04. The van der Waals surface area contributed by atoms with E-state index >= 15 is 0 Å². The van der Waals surface area contributed by atoms with Crippen LogP contribution in [0.2, 0.25) is 0 Å². The Morgan fingerprint density at radius 2 is 1.92 bits per heavy atom. The van der Waals surface area contributed by atoms with Crippen LogP contribution in [-0.4, -0.2) is 33.6 Å². The second kappa shape index (κ2) is 2.97. The molecule has 0 bridgehead atoms. The SMILES string of the molecule is NS(=O)(=O)C1CCCS(=O)(=O)C1. The van der Waals surface area contributed by atoms with Crippen LogP contribution in [-0.2, 0) is 19.9 Å². The highest BCUT2D eigenvalue weighted by atomic mass is 32.2. The molecule has 7 heteroatoms. The Bertz CT molecular complexity index is 343. The van der Waals surface area contributed by atoms with E-state index < -0.39 is 25.1 Å². The highest BCUT2D eigenvalue weighted by Crippen LogP contribution is 2.16. The van der Waals surface area contributed by atoms with Crippen molar-refractivity contribution in [2.24, 2.45) is 5.14 Å². The molecule has 0 spiro atoms. The molecule has 0 radical (unpaired) electrons. The van der Waals surface area contributed by atoms with E-state index in [1.807, 2.05) is 0 Å². The summed E-state index contributed by atoms with van der Waals surface area (Å²) in [5.41, 5.74) is 0. The average Bonchev–Trinajstić information content (AvgIpc) is 1.83. The lowest BCUT2D eigenvalue weighted by Gasteiger charge is -2.19. The monoisotopic (exact) mass is 213 g/mol. The van der Waals surface area contributed by atoms with Gasteiger partial charge in [0, 0.05) is 0 Å². The van der Waals surface area contributed by atoms with Crippen LogP contribution in [0.4, 0.5) is 0 Å². The quantitative estimate of drug-likeness (QED) is 0.595. The largest absolute Gasteiger partial charge is 0.229 e.